The minimum absolute atomic E-state index is 0.00691. The Morgan fingerprint density at radius 3 is 1.45 bits per heavy atom. The second kappa shape index (κ2) is 13.5. The molecule has 0 saturated carbocycles. The van der Waals surface area contributed by atoms with Crippen molar-refractivity contribution in [3.05, 3.63) is 149 Å². The first kappa shape index (κ1) is 31.4. The Bertz CT molecular complexity index is 2000. The van der Waals surface area contributed by atoms with Gasteiger partial charge in [0.2, 0.25) is 0 Å². The summed E-state index contributed by atoms with van der Waals surface area (Å²) in [6.07, 6.45) is -2.27. The highest BCUT2D eigenvalue weighted by Crippen LogP contribution is 2.45. The van der Waals surface area contributed by atoms with Crippen LogP contribution >= 0.6 is 0 Å². The topological polar surface area (TPSA) is 131 Å². The largest absolute Gasteiger partial charge is 0.480 e. The Labute approximate surface area is 282 Å². The van der Waals surface area contributed by atoms with Crippen LogP contribution in [0.3, 0.4) is 0 Å². The molecule has 0 aromatic heterocycles. The number of benzene rings is 5. The molecule has 0 radical (unpaired) electrons. The smallest absolute Gasteiger partial charge is 0.411 e. The average molecular weight is 653 g/mol. The maximum Gasteiger partial charge on any atom is 0.411 e. The first-order chi connectivity index (χ1) is 23.9. The number of ether oxygens (including phenoxy) is 2. The van der Waals surface area contributed by atoms with Gasteiger partial charge in [0.15, 0.2) is 5.78 Å². The van der Waals surface area contributed by atoms with E-state index in [9.17, 15) is 24.3 Å². The minimum atomic E-state index is -1.56. The second-order valence-electron chi connectivity index (χ2n) is 12.0. The lowest BCUT2D eigenvalue weighted by atomic mass is 9.98. The Kier molecular flexibility index (Phi) is 8.64. The molecule has 5 aromatic rings. The van der Waals surface area contributed by atoms with Crippen molar-refractivity contribution in [2.45, 2.75) is 24.3 Å². The van der Waals surface area contributed by atoms with Gasteiger partial charge in [-0.25, -0.2) is 14.4 Å². The Hall–Kier alpha value is -6.22. The Morgan fingerprint density at radius 1 is 0.571 bits per heavy atom. The van der Waals surface area contributed by atoms with Crippen molar-refractivity contribution in [3.8, 4) is 22.3 Å². The lowest BCUT2D eigenvalue weighted by Crippen LogP contribution is -2.42. The van der Waals surface area contributed by atoms with E-state index in [0.717, 1.165) is 44.5 Å². The number of rotatable bonds is 10. The molecule has 244 valence electrons. The lowest BCUT2D eigenvalue weighted by molar-refractivity contribution is -0.139. The van der Waals surface area contributed by atoms with Gasteiger partial charge in [-0.3, -0.25) is 10.1 Å². The van der Waals surface area contributed by atoms with Crippen molar-refractivity contribution < 1.29 is 33.8 Å². The Balaban J connectivity index is 0.973. The number of hydrogen-bond donors (Lipinski definition) is 3. The van der Waals surface area contributed by atoms with Gasteiger partial charge in [-0.15, -0.1) is 0 Å². The third-order valence-corrected chi connectivity index (χ3v) is 9.13. The molecule has 9 nitrogen and oxygen atoms in total. The molecule has 2 amide bonds. The van der Waals surface area contributed by atoms with E-state index < -0.39 is 36.4 Å². The standard InChI is InChI=1S/C40H32N2O7/c43-37(21-36(38(44)45)42-40(47)49-23-34-30-17-7-3-13-26(30)27-14-4-8-18-31(27)34)32-19-9-10-20-35(32)41-39(46)48-22-33-28-15-5-1-11-24(28)25-12-2-6-16-29(25)33/h1-20,33-34,36H,21-23H2,(H,41,46)(H,42,47)(H,44,45). The van der Waals surface area contributed by atoms with Crippen molar-refractivity contribution >= 4 is 29.6 Å². The van der Waals surface area contributed by atoms with E-state index in [2.05, 4.69) is 10.6 Å². The number of aliphatic carboxylic acids is 1. The van der Waals surface area contributed by atoms with Crippen LogP contribution < -0.4 is 10.6 Å². The molecule has 49 heavy (non-hydrogen) atoms. The van der Waals surface area contributed by atoms with E-state index in [1.165, 1.54) is 12.1 Å². The van der Waals surface area contributed by atoms with E-state index in [0.29, 0.717) is 0 Å². The minimum Gasteiger partial charge on any atom is -0.480 e. The summed E-state index contributed by atoms with van der Waals surface area (Å²) < 4.78 is 11.1. The first-order valence-corrected chi connectivity index (χ1v) is 16.0. The molecule has 0 fully saturated rings. The summed E-state index contributed by atoms with van der Waals surface area (Å²) in [5, 5.41) is 14.8. The summed E-state index contributed by atoms with van der Waals surface area (Å²) in [6, 6.07) is 36.4. The SMILES string of the molecule is O=C(Nc1ccccc1C(=O)CC(NC(=O)OCC1c2ccccc2-c2ccccc21)C(=O)O)OCC1c2ccccc2-c2ccccc21. The maximum absolute atomic E-state index is 13.4. The second-order valence-corrected chi connectivity index (χ2v) is 12.0. The molecule has 2 aliphatic carbocycles. The number of Topliss-reactive ketones (excluding diaryl/α,β-unsaturated/α-hetero) is 1. The number of hydrogen-bond acceptors (Lipinski definition) is 6. The molecule has 3 N–H and O–H groups in total. The van der Waals surface area contributed by atoms with Crippen LogP contribution in [-0.4, -0.2) is 48.3 Å². The van der Waals surface area contributed by atoms with E-state index in [1.54, 1.807) is 12.1 Å². The van der Waals surface area contributed by atoms with Crippen LogP contribution in [0.4, 0.5) is 15.3 Å². The third-order valence-electron chi connectivity index (χ3n) is 9.13. The van der Waals surface area contributed by atoms with E-state index in [-0.39, 0.29) is 36.3 Å². The molecular formula is C40H32N2O7. The quantitative estimate of drug-likeness (QED) is 0.132. The van der Waals surface area contributed by atoms with Gasteiger partial charge in [-0.1, -0.05) is 109 Å². The molecule has 5 aromatic carbocycles. The highest BCUT2D eigenvalue weighted by atomic mass is 16.6. The van der Waals surface area contributed by atoms with Gasteiger partial charge in [-0.05, 0) is 56.6 Å². The molecule has 7 rings (SSSR count). The highest BCUT2D eigenvalue weighted by Gasteiger charge is 2.32. The zero-order valence-corrected chi connectivity index (χ0v) is 26.3. The number of carboxylic acids is 1. The fourth-order valence-electron chi connectivity index (χ4n) is 6.86. The average Bonchev–Trinajstić information content (AvgIpc) is 3.62. The highest BCUT2D eigenvalue weighted by molar-refractivity contribution is 6.05. The molecule has 1 unspecified atom stereocenters. The molecule has 0 saturated heterocycles. The molecule has 0 aliphatic heterocycles. The number of anilines is 1. The predicted molar refractivity (Wildman–Crippen MR) is 184 cm³/mol. The molecule has 2 aliphatic rings. The van der Waals surface area contributed by atoms with Crippen LogP contribution in [0.25, 0.3) is 22.3 Å². The van der Waals surface area contributed by atoms with E-state index >= 15 is 0 Å². The van der Waals surface area contributed by atoms with Crippen LogP contribution in [0.2, 0.25) is 0 Å². The van der Waals surface area contributed by atoms with Crippen molar-refractivity contribution in [3.63, 3.8) is 0 Å². The summed E-state index contributed by atoms with van der Waals surface area (Å²) in [6.45, 7) is 0.0775. The molecule has 9 heteroatoms. The normalized spacial score (nSPS) is 13.3. The van der Waals surface area contributed by atoms with Crippen LogP contribution in [0.15, 0.2) is 121 Å². The number of alkyl carbamates (subject to hydrolysis) is 1. The fourth-order valence-corrected chi connectivity index (χ4v) is 6.86. The number of carbonyl (C=O) groups excluding carboxylic acids is 3. The summed E-state index contributed by atoms with van der Waals surface area (Å²) in [5.74, 6) is -2.35. The number of para-hydroxylation sites is 1. The number of nitrogens with one attached hydrogen (secondary N) is 2. The van der Waals surface area contributed by atoms with Gasteiger partial charge < -0.3 is 19.9 Å². The number of ketones is 1. The van der Waals surface area contributed by atoms with Gasteiger partial charge in [-0.2, -0.15) is 0 Å². The summed E-state index contributed by atoms with van der Waals surface area (Å²) in [5.41, 5.74) is 8.73. The van der Waals surface area contributed by atoms with Crippen molar-refractivity contribution in [2.24, 2.45) is 0 Å². The molecule has 0 heterocycles. The number of amides is 2. The van der Waals surface area contributed by atoms with Crippen LogP contribution in [0.1, 0.15) is 50.9 Å². The van der Waals surface area contributed by atoms with Crippen molar-refractivity contribution in [1.29, 1.82) is 0 Å². The Morgan fingerprint density at radius 2 is 0.980 bits per heavy atom. The van der Waals surface area contributed by atoms with Gasteiger partial charge in [0.25, 0.3) is 0 Å². The zero-order chi connectivity index (χ0) is 33.9. The predicted octanol–water partition coefficient (Wildman–Crippen LogP) is 7.61. The number of fused-ring (bicyclic) bond motifs is 6. The third kappa shape index (κ3) is 6.26. The van der Waals surface area contributed by atoms with Crippen LogP contribution in [0.5, 0.6) is 0 Å². The molecule has 0 spiro atoms. The maximum atomic E-state index is 13.4. The van der Waals surface area contributed by atoms with Gasteiger partial charge in [0.05, 0.1) is 5.69 Å². The van der Waals surface area contributed by atoms with E-state index in [4.69, 9.17) is 9.47 Å². The van der Waals surface area contributed by atoms with Gasteiger partial charge >= 0.3 is 18.2 Å². The molecule has 1 atom stereocenters. The summed E-state index contributed by atoms with van der Waals surface area (Å²) in [4.78, 5) is 51.3. The van der Waals surface area contributed by atoms with Crippen molar-refractivity contribution in [2.75, 3.05) is 18.5 Å². The van der Waals surface area contributed by atoms with Gasteiger partial charge in [0, 0.05) is 23.8 Å². The van der Waals surface area contributed by atoms with Crippen molar-refractivity contribution in [1.82, 2.24) is 5.32 Å². The molecule has 0 bridgehead atoms. The van der Waals surface area contributed by atoms with Crippen LogP contribution in [-0.2, 0) is 14.3 Å². The monoisotopic (exact) mass is 652 g/mol. The van der Waals surface area contributed by atoms with Gasteiger partial charge in [0.1, 0.15) is 19.3 Å². The zero-order valence-electron chi connectivity index (χ0n) is 26.3. The van der Waals surface area contributed by atoms with E-state index in [1.807, 2.05) is 97.1 Å². The summed E-state index contributed by atoms with van der Waals surface area (Å²) >= 11 is 0. The molecular weight excluding hydrogens is 620 g/mol. The fraction of sp³-hybridized carbons (Fsp3) is 0.150. The van der Waals surface area contributed by atoms with Crippen LogP contribution in [0, 0.1) is 0 Å². The number of carbonyl (C=O) groups is 4. The number of carboxylic acid groups (broad SMARTS) is 1. The first-order valence-electron chi connectivity index (χ1n) is 16.0. The summed E-state index contributed by atoms with van der Waals surface area (Å²) in [7, 11) is 0. The lowest BCUT2D eigenvalue weighted by Gasteiger charge is -2.18.